The van der Waals surface area contributed by atoms with Crippen LogP contribution in [0.15, 0.2) is 30.4 Å². The molecule has 1 aliphatic rings. The average Bonchev–Trinajstić information content (AvgIpc) is 2.04. The van der Waals surface area contributed by atoms with E-state index < -0.39 is 0 Å². The molecule has 1 aromatic rings. The second-order valence-corrected chi connectivity index (χ2v) is 3.15. The van der Waals surface area contributed by atoms with E-state index in [1.807, 2.05) is 0 Å². The molecule has 2 rings (SSSR count). The maximum Gasteiger partial charge on any atom is -0.00944 e. The van der Waals surface area contributed by atoms with Crippen LogP contribution in [0.4, 0.5) is 0 Å². The zero-order valence-electron chi connectivity index (χ0n) is 6.80. The van der Waals surface area contributed by atoms with Crippen molar-refractivity contribution < 1.29 is 0 Å². The molecule has 0 heterocycles. The first-order valence-corrected chi connectivity index (χ1v) is 4.09. The summed E-state index contributed by atoms with van der Waals surface area (Å²) in [6.45, 7) is 2.15. The first-order chi connectivity index (χ1) is 5.36. The highest BCUT2D eigenvalue weighted by atomic mass is 14.1. The molecule has 0 nitrogen and oxygen atoms in total. The minimum Gasteiger partial charge on any atom is -0.0838 e. The largest absolute Gasteiger partial charge is 0.0838 e. The smallest absolute Gasteiger partial charge is 0.00944 e. The Bertz CT molecular complexity index is 295. The van der Waals surface area contributed by atoms with Crippen LogP contribution in [0.3, 0.4) is 0 Å². The number of rotatable bonds is 0. The van der Waals surface area contributed by atoms with Crippen LogP contribution in [0.1, 0.15) is 16.7 Å². The van der Waals surface area contributed by atoms with Crippen molar-refractivity contribution in [1.29, 1.82) is 0 Å². The third kappa shape index (κ3) is 1.21. The molecule has 0 amide bonds. The molecule has 56 valence electrons. The van der Waals surface area contributed by atoms with Crippen molar-refractivity contribution in [3.63, 3.8) is 0 Å². The van der Waals surface area contributed by atoms with Gasteiger partial charge in [-0.1, -0.05) is 35.9 Å². The normalized spacial score (nSPS) is 14.6. The molecule has 0 N–H and O–H groups in total. The van der Waals surface area contributed by atoms with Crippen LogP contribution in [0.5, 0.6) is 0 Å². The van der Waals surface area contributed by atoms with Crippen molar-refractivity contribution in [3.05, 3.63) is 47.0 Å². The Morgan fingerprint density at radius 3 is 2.55 bits per heavy atom. The fourth-order valence-corrected chi connectivity index (χ4v) is 1.56. The van der Waals surface area contributed by atoms with Gasteiger partial charge in [0.1, 0.15) is 0 Å². The van der Waals surface area contributed by atoms with Crippen LogP contribution < -0.4 is 0 Å². The molecule has 0 aliphatic heterocycles. The van der Waals surface area contributed by atoms with E-state index in [-0.39, 0.29) is 0 Å². The van der Waals surface area contributed by atoms with Gasteiger partial charge in [-0.3, -0.25) is 0 Å². The Labute approximate surface area is 67.6 Å². The molecule has 0 spiro atoms. The Hall–Kier alpha value is -1.04. The monoisotopic (exact) mass is 144 g/mol. The third-order valence-electron chi connectivity index (χ3n) is 2.20. The first-order valence-electron chi connectivity index (χ1n) is 4.09. The van der Waals surface area contributed by atoms with Gasteiger partial charge in [-0.15, -0.1) is 0 Å². The van der Waals surface area contributed by atoms with Gasteiger partial charge < -0.3 is 0 Å². The summed E-state index contributed by atoms with van der Waals surface area (Å²) in [4.78, 5) is 0. The van der Waals surface area contributed by atoms with Crippen molar-refractivity contribution >= 4 is 0 Å². The number of fused-ring (bicyclic) bond motifs is 1. The van der Waals surface area contributed by atoms with Gasteiger partial charge in [0.05, 0.1) is 0 Å². The highest BCUT2D eigenvalue weighted by molar-refractivity contribution is 5.36. The molecule has 11 heavy (non-hydrogen) atoms. The molecule has 0 aromatic heterocycles. The average molecular weight is 144 g/mol. The molecular weight excluding hydrogens is 132 g/mol. The lowest BCUT2D eigenvalue weighted by Gasteiger charge is -2.10. The van der Waals surface area contributed by atoms with Crippen molar-refractivity contribution in [3.8, 4) is 0 Å². The van der Waals surface area contributed by atoms with Gasteiger partial charge in [0.25, 0.3) is 0 Å². The molecule has 0 saturated carbocycles. The van der Waals surface area contributed by atoms with E-state index in [2.05, 4.69) is 37.3 Å². The minimum absolute atomic E-state index is 1.12. The molecular formula is C11H12. The highest BCUT2D eigenvalue weighted by Gasteiger charge is 2.02. The van der Waals surface area contributed by atoms with Crippen LogP contribution in [0, 0.1) is 6.92 Å². The summed E-state index contributed by atoms with van der Waals surface area (Å²) < 4.78 is 0. The maximum absolute atomic E-state index is 2.29. The second kappa shape index (κ2) is 2.54. The van der Waals surface area contributed by atoms with Crippen LogP contribution in [-0.4, -0.2) is 0 Å². The quantitative estimate of drug-likeness (QED) is 0.491. The fraction of sp³-hybridized carbons (Fsp3) is 0.273. The molecule has 0 bridgehead atoms. The lowest BCUT2D eigenvalue weighted by Crippen LogP contribution is -1.96. The Morgan fingerprint density at radius 1 is 1.00 bits per heavy atom. The van der Waals surface area contributed by atoms with E-state index in [0.29, 0.717) is 0 Å². The lowest BCUT2D eigenvalue weighted by molar-refractivity contribution is 1.08. The molecule has 1 aromatic carbocycles. The van der Waals surface area contributed by atoms with E-state index in [9.17, 15) is 0 Å². The number of hydrogen-bond acceptors (Lipinski definition) is 0. The van der Waals surface area contributed by atoms with Crippen molar-refractivity contribution in [2.45, 2.75) is 19.8 Å². The summed E-state index contributed by atoms with van der Waals surface area (Å²) >= 11 is 0. The predicted octanol–water partition coefficient (Wildman–Crippen LogP) is 2.65. The summed E-state index contributed by atoms with van der Waals surface area (Å²) in [6.07, 6.45) is 6.74. The number of allylic oxidation sites excluding steroid dienone is 2. The van der Waals surface area contributed by atoms with Crippen LogP contribution >= 0.6 is 0 Å². The van der Waals surface area contributed by atoms with E-state index in [4.69, 9.17) is 0 Å². The SMILES string of the molecule is Cc1ccc2c(c1)CC=CC2. The molecule has 0 unspecified atom stereocenters. The number of benzene rings is 1. The van der Waals surface area contributed by atoms with Gasteiger partial charge in [-0.2, -0.15) is 0 Å². The van der Waals surface area contributed by atoms with Gasteiger partial charge >= 0.3 is 0 Å². The molecule has 0 heteroatoms. The van der Waals surface area contributed by atoms with Gasteiger partial charge in [-0.25, -0.2) is 0 Å². The maximum atomic E-state index is 2.29. The molecule has 0 fully saturated rings. The van der Waals surface area contributed by atoms with E-state index in [1.165, 1.54) is 16.7 Å². The highest BCUT2D eigenvalue weighted by Crippen LogP contribution is 2.17. The topological polar surface area (TPSA) is 0 Å². The zero-order chi connectivity index (χ0) is 7.68. The van der Waals surface area contributed by atoms with Gasteiger partial charge in [0.15, 0.2) is 0 Å². The fourth-order valence-electron chi connectivity index (χ4n) is 1.56. The van der Waals surface area contributed by atoms with Crippen LogP contribution in [-0.2, 0) is 12.8 Å². The van der Waals surface area contributed by atoms with Gasteiger partial charge in [-0.05, 0) is 30.9 Å². The van der Waals surface area contributed by atoms with Crippen molar-refractivity contribution in [1.82, 2.24) is 0 Å². The Balaban J connectivity index is 2.48. The zero-order valence-corrected chi connectivity index (χ0v) is 6.80. The summed E-state index contributed by atoms with van der Waals surface area (Å²) in [7, 11) is 0. The van der Waals surface area contributed by atoms with E-state index >= 15 is 0 Å². The summed E-state index contributed by atoms with van der Waals surface area (Å²) in [5, 5.41) is 0. The first kappa shape index (κ1) is 6.66. The van der Waals surface area contributed by atoms with Gasteiger partial charge in [0, 0.05) is 0 Å². The summed E-state index contributed by atoms with van der Waals surface area (Å²) in [5.74, 6) is 0. The molecule has 0 radical (unpaired) electrons. The van der Waals surface area contributed by atoms with Crippen LogP contribution in [0.25, 0.3) is 0 Å². The predicted molar refractivity (Wildman–Crippen MR) is 47.7 cm³/mol. The molecule has 1 aliphatic carbocycles. The number of hydrogen-bond donors (Lipinski definition) is 0. The van der Waals surface area contributed by atoms with Crippen LogP contribution in [0.2, 0.25) is 0 Å². The van der Waals surface area contributed by atoms with Gasteiger partial charge in [0.2, 0.25) is 0 Å². The lowest BCUT2D eigenvalue weighted by atomic mass is 9.95. The Morgan fingerprint density at radius 2 is 1.73 bits per heavy atom. The summed E-state index contributed by atoms with van der Waals surface area (Å²) in [6, 6.07) is 6.73. The molecule has 0 atom stereocenters. The minimum atomic E-state index is 1.12. The van der Waals surface area contributed by atoms with Crippen molar-refractivity contribution in [2.75, 3.05) is 0 Å². The van der Waals surface area contributed by atoms with Crippen molar-refractivity contribution in [2.24, 2.45) is 0 Å². The molecule has 0 saturated heterocycles. The standard InChI is InChI=1S/C11H12/c1-9-6-7-10-4-2-3-5-11(10)8-9/h2-3,6-8H,4-5H2,1H3. The Kier molecular flexibility index (Phi) is 1.54. The number of aryl methyl sites for hydroxylation is 1. The second-order valence-electron chi connectivity index (χ2n) is 3.15. The third-order valence-corrected chi connectivity index (χ3v) is 2.20. The van der Waals surface area contributed by atoms with E-state index in [1.54, 1.807) is 0 Å². The van der Waals surface area contributed by atoms with E-state index in [0.717, 1.165) is 12.8 Å². The summed E-state index contributed by atoms with van der Waals surface area (Å²) in [5.41, 5.74) is 4.38.